The zero-order valence-corrected chi connectivity index (χ0v) is 17.4. The van der Waals surface area contributed by atoms with E-state index in [0.29, 0.717) is 30.4 Å². The lowest BCUT2D eigenvalue weighted by Crippen LogP contribution is -2.46. The van der Waals surface area contributed by atoms with Gasteiger partial charge in [0.15, 0.2) is 5.69 Å². The summed E-state index contributed by atoms with van der Waals surface area (Å²) < 4.78 is 19.5. The lowest BCUT2D eigenvalue weighted by Gasteiger charge is -2.35. The molecule has 8 heteroatoms. The number of oxazole rings is 1. The topological polar surface area (TPSA) is 64.9 Å². The zero-order chi connectivity index (χ0) is 20.8. The van der Waals surface area contributed by atoms with Crippen molar-refractivity contribution in [1.82, 2.24) is 20.1 Å². The third-order valence-corrected chi connectivity index (χ3v) is 5.87. The molecular formula is C22H30FN5O2. The number of piperazine rings is 1. The number of hydrogen-bond donors (Lipinski definition) is 1. The molecule has 2 aliphatic heterocycles. The number of benzene rings is 1. The van der Waals surface area contributed by atoms with E-state index in [4.69, 9.17) is 4.42 Å². The molecule has 7 nitrogen and oxygen atoms in total. The van der Waals surface area contributed by atoms with E-state index in [-0.39, 0.29) is 11.7 Å². The number of halogens is 1. The van der Waals surface area contributed by atoms with E-state index in [1.54, 1.807) is 6.07 Å². The average molecular weight is 416 g/mol. The predicted molar refractivity (Wildman–Crippen MR) is 113 cm³/mol. The molecule has 2 saturated heterocycles. The molecule has 30 heavy (non-hydrogen) atoms. The maximum Gasteiger partial charge on any atom is 0.273 e. The van der Waals surface area contributed by atoms with Gasteiger partial charge in [-0.15, -0.1) is 0 Å². The maximum atomic E-state index is 14.0. The van der Waals surface area contributed by atoms with E-state index in [1.807, 2.05) is 12.1 Å². The number of amides is 1. The minimum Gasteiger partial charge on any atom is -0.447 e. The van der Waals surface area contributed by atoms with Crippen molar-refractivity contribution >= 4 is 11.6 Å². The van der Waals surface area contributed by atoms with E-state index in [0.717, 1.165) is 45.8 Å². The first-order valence-corrected chi connectivity index (χ1v) is 10.9. The second-order valence-corrected chi connectivity index (χ2v) is 8.00. The first-order chi connectivity index (χ1) is 14.7. The van der Waals surface area contributed by atoms with Gasteiger partial charge in [0.25, 0.3) is 5.91 Å². The smallest absolute Gasteiger partial charge is 0.273 e. The van der Waals surface area contributed by atoms with Crippen LogP contribution in [0.1, 0.15) is 35.6 Å². The summed E-state index contributed by atoms with van der Waals surface area (Å²) >= 11 is 0. The van der Waals surface area contributed by atoms with Crippen molar-refractivity contribution in [3.63, 3.8) is 0 Å². The van der Waals surface area contributed by atoms with E-state index >= 15 is 0 Å². The highest BCUT2D eigenvalue weighted by atomic mass is 19.1. The van der Waals surface area contributed by atoms with Gasteiger partial charge in [0.05, 0.1) is 12.2 Å². The largest absolute Gasteiger partial charge is 0.447 e. The number of rotatable bonds is 7. The van der Waals surface area contributed by atoms with Crippen molar-refractivity contribution < 1.29 is 13.6 Å². The highest BCUT2D eigenvalue weighted by molar-refractivity contribution is 5.91. The van der Waals surface area contributed by atoms with Gasteiger partial charge in [0.2, 0.25) is 5.89 Å². The molecular weight excluding hydrogens is 385 g/mol. The van der Waals surface area contributed by atoms with E-state index in [1.165, 1.54) is 31.6 Å². The molecule has 4 rings (SSSR count). The summed E-state index contributed by atoms with van der Waals surface area (Å²) in [5, 5.41) is 2.93. The Morgan fingerprint density at radius 2 is 1.80 bits per heavy atom. The van der Waals surface area contributed by atoms with Gasteiger partial charge < -0.3 is 19.5 Å². The third-order valence-electron chi connectivity index (χ3n) is 5.87. The van der Waals surface area contributed by atoms with E-state index in [9.17, 15) is 9.18 Å². The predicted octanol–water partition coefficient (Wildman–Crippen LogP) is 2.35. The lowest BCUT2D eigenvalue weighted by atomic mass is 10.1. The Hall–Kier alpha value is -2.45. The van der Waals surface area contributed by atoms with Crippen molar-refractivity contribution in [2.24, 2.45) is 0 Å². The second kappa shape index (κ2) is 10.0. The van der Waals surface area contributed by atoms with Crippen LogP contribution in [0.4, 0.5) is 10.1 Å². The average Bonchev–Trinajstić information content (AvgIpc) is 3.24. The Kier molecular flexibility index (Phi) is 6.96. The molecule has 2 aliphatic rings. The third kappa shape index (κ3) is 5.37. The van der Waals surface area contributed by atoms with E-state index in [2.05, 4.69) is 25.0 Å². The molecule has 2 fully saturated rings. The zero-order valence-electron chi connectivity index (χ0n) is 17.4. The molecule has 2 aromatic rings. The molecule has 1 aromatic heterocycles. The van der Waals surface area contributed by atoms with Crippen LogP contribution in [0.5, 0.6) is 0 Å². The van der Waals surface area contributed by atoms with Crippen LogP contribution in [0.3, 0.4) is 0 Å². The van der Waals surface area contributed by atoms with Crippen LogP contribution in [0.15, 0.2) is 34.9 Å². The van der Waals surface area contributed by atoms with Crippen molar-refractivity contribution in [2.45, 2.75) is 25.8 Å². The molecule has 1 N–H and O–H groups in total. The molecule has 0 unspecified atom stereocenters. The Morgan fingerprint density at radius 3 is 2.57 bits per heavy atom. The molecule has 0 radical (unpaired) electrons. The molecule has 3 heterocycles. The number of nitrogens with zero attached hydrogens (tertiary/aromatic N) is 4. The minimum absolute atomic E-state index is 0.186. The number of likely N-dealkylation sites (tertiary alicyclic amines) is 1. The van der Waals surface area contributed by atoms with Crippen LogP contribution >= 0.6 is 0 Å². The SMILES string of the molecule is O=C(NCCN1CCCCC1)c1coc(CN2CCN(c3ccccc3F)CC2)n1. The van der Waals surface area contributed by atoms with Crippen LogP contribution in [-0.4, -0.2) is 73.0 Å². The van der Waals surface area contributed by atoms with Crippen molar-refractivity contribution in [2.75, 3.05) is 57.3 Å². The van der Waals surface area contributed by atoms with Gasteiger partial charge in [0, 0.05) is 39.3 Å². The Morgan fingerprint density at radius 1 is 1.03 bits per heavy atom. The molecule has 162 valence electrons. The van der Waals surface area contributed by atoms with Gasteiger partial charge in [-0.25, -0.2) is 9.37 Å². The number of carbonyl (C=O) groups is 1. The Bertz CT molecular complexity index is 828. The van der Waals surface area contributed by atoms with Gasteiger partial charge in [-0.1, -0.05) is 18.6 Å². The van der Waals surface area contributed by atoms with Crippen molar-refractivity contribution in [3.05, 3.63) is 47.9 Å². The number of hydrogen-bond acceptors (Lipinski definition) is 6. The maximum absolute atomic E-state index is 14.0. The minimum atomic E-state index is -0.189. The summed E-state index contributed by atoms with van der Waals surface area (Å²) in [4.78, 5) is 23.3. The highest BCUT2D eigenvalue weighted by Gasteiger charge is 2.21. The fourth-order valence-electron chi connectivity index (χ4n) is 4.14. The van der Waals surface area contributed by atoms with Crippen LogP contribution in [-0.2, 0) is 6.54 Å². The molecule has 1 amide bonds. The molecule has 0 bridgehead atoms. The fraction of sp³-hybridized carbons (Fsp3) is 0.545. The first-order valence-electron chi connectivity index (χ1n) is 10.9. The van der Waals surface area contributed by atoms with Gasteiger partial charge in [-0.05, 0) is 38.1 Å². The summed E-state index contributed by atoms with van der Waals surface area (Å²) in [6, 6.07) is 6.87. The molecule has 0 aliphatic carbocycles. The number of para-hydroxylation sites is 1. The summed E-state index contributed by atoms with van der Waals surface area (Å²) in [5.74, 6) is 0.163. The summed E-state index contributed by atoms with van der Waals surface area (Å²) in [5.41, 5.74) is 0.977. The number of anilines is 1. The molecule has 0 saturated carbocycles. The summed E-state index contributed by atoms with van der Waals surface area (Å²) in [7, 11) is 0. The lowest BCUT2D eigenvalue weighted by molar-refractivity contribution is 0.0941. The Balaban J connectivity index is 1.21. The first kappa shape index (κ1) is 20.8. The molecule has 1 aromatic carbocycles. The van der Waals surface area contributed by atoms with Crippen LogP contribution in [0.2, 0.25) is 0 Å². The number of piperidine rings is 1. The van der Waals surface area contributed by atoms with Crippen LogP contribution < -0.4 is 10.2 Å². The standard InChI is InChI=1S/C22H30FN5O2/c23-18-6-2-3-7-20(18)28-14-12-27(13-15-28)16-21-25-19(17-30-21)22(29)24-8-11-26-9-4-1-5-10-26/h2-3,6-7,17H,1,4-5,8-16H2,(H,24,29). The van der Waals surface area contributed by atoms with Gasteiger partial charge >= 0.3 is 0 Å². The van der Waals surface area contributed by atoms with Gasteiger partial charge in [-0.2, -0.15) is 0 Å². The highest BCUT2D eigenvalue weighted by Crippen LogP contribution is 2.20. The number of nitrogens with one attached hydrogen (secondary N) is 1. The van der Waals surface area contributed by atoms with Crippen LogP contribution in [0, 0.1) is 5.82 Å². The summed E-state index contributed by atoms with van der Waals surface area (Å²) in [6.45, 7) is 7.34. The normalized spacial score (nSPS) is 18.5. The second-order valence-electron chi connectivity index (χ2n) is 8.00. The summed E-state index contributed by atoms with van der Waals surface area (Å²) in [6.07, 6.45) is 5.23. The molecule has 0 atom stereocenters. The Labute approximate surface area is 176 Å². The van der Waals surface area contributed by atoms with Gasteiger partial charge in [-0.3, -0.25) is 9.69 Å². The monoisotopic (exact) mass is 415 g/mol. The van der Waals surface area contributed by atoms with E-state index < -0.39 is 0 Å². The van der Waals surface area contributed by atoms with Crippen molar-refractivity contribution in [3.8, 4) is 0 Å². The van der Waals surface area contributed by atoms with Crippen molar-refractivity contribution in [1.29, 1.82) is 0 Å². The van der Waals surface area contributed by atoms with Crippen LogP contribution in [0.25, 0.3) is 0 Å². The number of carbonyl (C=O) groups excluding carboxylic acids is 1. The quantitative estimate of drug-likeness (QED) is 0.749. The molecule has 0 spiro atoms. The number of aromatic nitrogens is 1. The van der Waals surface area contributed by atoms with Gasteiger partial charge in [0.1, 0.15) is 12.1 Å². The fourth-order valence-corrected chi connectivity index (χ4v) is 4.14.